The number of hydrogen-bond donors (Lipinski definition) is 2. The topological polar surface area (TPSA) is 189 Å². The zero-order chi connectivity index (χ0) is 27.2. The second kappa shape index (κ2) is 11.0. The molecule has 0 aliphatic rings. The van der Waals surface area contributed by atoms with Crippen LogP contribution in [0.5, 0.6) is 0 Å². The predicted molar refractivity (Wildman–Crippen MR) is 62.8 cm³/mol. The summed E-state index contributed by atoms with van der Waals surface area (Å²) in [6, 6.07) is 0. The minimum absolute atomic E-state index is 0. The van der Waals surface area contributed by atoms with Gasteiger partial charge in [-0.05, 0) is 0 Å². The van der Waals surface area contributed by atoms with Gasteiger partial charge in [-0.25, -0.2) is 8.78 Å². The predicted octanol–water partition coefficient (Wildman–Crippen LogP) is -7.02. The maximum Gasteiger partial charge on any atom is 1.00 e. The largest absolute Gasteiger partial charge is 1.00 e. The summed E-state index contributed by atoms with van der Waals surface area (Å²) in [5, 5.41) is 6.90. The molecule has 0 aliphatic carbocycles. The molecule has 2 atom stereocenters. The molecule has 26 heteroatoms. The number of carboxylic acids is 2. The third-order valence-corrected chi connectivity index (χ3v) is 5.02. The minimum atomic E-state index is -6.90. The molecule has 0 heterocycles. The van der Waals surface area contributed by atoms with Crippen molar-refractivity contribution in [2.75, 3.05) is 0 Å². The van der Waals surface area contributed by atoms with Crippen molar-refractivity contribution in [2.45, 2.75) is 34.2 Å². The number of aliphatic carboxylic acids is 2. The Balaban J connectivity index is -0.000000250. The van der Waals surface area contributed by atoms with E-state index >= 15 is 0 Å². The molecule has 0 rings (SSSR count). The van der Waals surface area contributed by atoms with Crippen molar-refractivity contribution in [1.82, 2.24) is 0 Å². The summed E-state index contributed by atoms with van der Waals surface area (Å²) >= 11 is 0. The summed E-state index contributed by atoms with van der Waals surface area (Å²) in [4.78, 5) is 19.5. The van der Waals surface area contributed by atoms with Crippen LogP contribution in [0.3, 0.4) is 0 Å². The van der Waals surface area contributed by atoms with Crippen LogP contribution in [0.1, 0.15) is 0 Å². The summed E-state index contributed by atoms with van der Waals surface area (Å²) < 4.78 is 199. The Morgan fingerprint density at radius 2 is 0.676 bits per heavy atom. The van der Waals surface area contributed by atoms with Crippen molar-refractivity contribution < 1.29 is 136 Å². The van der Waals surface area contributed by atoms with Gasteiger partial charge in [-0.1, -0.05) is 0 Å². The van der Waals surface area contributed by atoms with E-state index in [1.165, 1.54) is 0 Å². The summed E-state index contributed by atoms with van der Waals surface area (Å²) in [7, 11) is -13.8. The first-order valence-electron chi connectivity index (χ1n) is 6.02. The molecule has 0 fully saturated rings. The quantitative estimate of drug-likeness (QED) is 0.178. The van der Waals surface area contributed by atoms with Crippen LogP contribution in [0.4, 0.5) is 52.7 Å². The average Bonchev–Trinajstić information content (AvgIpc) is 2.48. The van der Waals surface area contributed by atoms with E-state index in [2.05, 4.69) is 0 Å². The second-order valence-corrected chi connectivity index (χ2v) is 7.89. The van der Waals surface area contributed by atoms with Crippen molar-refractivity contribution in [3.05, 3.63) is 0 Å². The Bertz CT molecular complexity index is 884. The van der Waals surface area contributed by atoms with Crippen LogP contribution < -0.4 is 47.9 Å². The van der Waals surface area contributed by atoms with Crippen LogP contribution in [0.2, 0.25) is 0 Å². The van der Waals surface area contributed by atoms with Crippen molar-refractivity contribution in [3.63, 3.8) is 0 Å². The van der Waals surface area contributed by atoms with E-state index in [1.807, 2.05) is 0 Å². The Morgan fingerprint density at radius 3 is 0.706 bits per heavy atom. The van der Waals surface area contributed by atoms with Crippen LogP contribution in [0, 0.1) is 0 Å². The maximum absolute atomic E-state index is 12.7. The summed E-state index contributed by atoms with van der Waals surface area (Å²) in [6.07, 6.45) is -13.7. The van der Waals surface area contributed by atoms with Crippen LogP contribution in [-0.4, -0.2) is 72.1 Å². The molecular formula is C8H2F12Li2O10S2. The second-order valence-electron chi connectivity index (χ2n) is 4.86. The summed E-state index contributed by atoms with van der Waals surface area (Å²) in [5.74, 6) is -21.6. The van der Waals surface area contributed by atoms with E-state index in [4.69, 9.17) is 9.11 Å². The van der Waals surface area contributed by atoms with E-state index in [-0.39, 0.29) is 37.7 Å². The van der Waals surface area contributed by atoms with Gasteiger partial charge in [-0.15, -0.1) is 0 Å². The van der Waals surface area contributed by atoms with Crippen molar-refractivity contribution in [1.29, 1.82) is 0 Å². The van der Waals surface area contributed by atoms with E-state index < -0.39 is 66.4 Å². The molecule has 0 aromatic heterocycles. The number of carboxylic acid groups (broad SMARTS) is 2. The number of rotatable bonds is 6. The van der Waals surface area contributed by atoms with Crippen LogP contribution >= 0.6 is 0 Å². The average molecular weight is 564 g/mol. The zero-order valence-electron chi connectivity index (χ0n) is 15.5. The number of carbonyl (C=O) groups is 2. The molecule has 34 heavy (non-hydrogen) atoms. The molecule has 0 bridgehead atoms. The molecule has 0 aliphatic heterocycles. The standard InChI is InChI=1S/2C4H2F6O5S.2Li/c2*5-2(1(11)12,16(13,14)15)3(6,7)4(8,9)10;;/h2*(H,11,12)(H,13,14,15);;/q;;2*+1/p-2. The molecule has 0 spiro atoms. The molecule has 0 aromatic carbocycles. The van der Waals surface area contributed by atoms with E-state index in [1.54, 1.807) is 0 Å². The minimum Gasteiger partial charge on any atom is -0.545 e. The first kappa shape index (κ1) is 40.3. The number of alkyl halides is 12. The van der Waals surface area contributed by atoms with Gasteiger partial charge < -0.3 is 19.8 Å². The molecule has 2 unspecified atom stereocenters. The summed E-state index contributed by atoms with van der Waals surface area (Å²) in [5.41, 5.74) is 0. The first-order valence-corrected chi connectivity index (χ1v) is 8.90. The Hall–Kier alpha value is -0.885. The third kappa shape index (κ3) is 6.66. The van der Waals surface area contributed by atoms with Gasteiger partial charge in [0, 0.05) is 0 Å². The van der Waals surface area contributed by atoms with Gasteiger partial charge in [0.05, 0.1) is 0 Å². The van der Waals surface area contributed by atoms with Gasteiger partial charge in [-0.3, -0.25) is 9.11 Å². The molecular weight excluding hydrogens is 562 g/mol. The maximum atomic E-state index is 12.7. The molecule has 2 N–H and O–H groups in total. The van der Waals surface area contributed by atoms with E-state index in [0.29, 0.717) is 0 Å². The normalized spacial score (nSPS) is 16.9. The number of carbonyl (C=O) groups excluding carboxylic acids is 2. The van der Waals surface area contributed by atoms with Gasteiger partial charge in [-0.2, -0.15) is 60.7 Å². The molecule has 192 valence electrons. The summed E-state index contributed by atoms with van der Waals surface area (Å²) in [6.45, 7) is 0. The SMILES string of the molecule is O=C([O-])C(F)(C(F)(F)C(F)(F)F)S(=O)(=O)O.O=C([O-])C(F)(C(F)(F)C(F)(F)F)S(=O)(=O)O.[Li+].[Li+]. The van der Waals surface area contributed by atoms with Crippen LogP contribution in [-0.2, 0) is 29.8 Å². The molecule has 0 amide bonds. The van der Waals surface area contributed by atoms with Crippen molar-refractivity contribution in [2.24, 2.45) is 0 Å². The third-order valence-electron chi connectivity index (χ3n) is 2.76. The van der Waals surface area contributed by atoms with Gasteiger partial charge in [0.2, 0.25) is 0 Å². The van der Waals surface area contributed by atoms with Gasteiger partial charge in [0.15, 0.2) is 0 Å². The monoisotopic (exact) mass is 564 g/mol. The Morgan fingerprint density at radius 1 is 0.529 bits per heavy atom. The first-order chi connectivity index (χ1) is 13.4. The van der Waals surface area contributed by atoms with E-state index in [9.17, 15) is 89.3 Å². The van der Waals surface area contributed by atoms with Gasteiger partial charge in [0.1, 0.15) is 11.9 Å². The molecule has 0 radical (unpaired) electrons. The Kier molecular flexibility index (Phi) is 13.1. The fraction of sp³-hybridized carbons (Fsp3) is 0.750. The molecule has 10 nitrogen and oxygen atoms in total. The molecule has 0 saturated heterocycles. The van der Waals surface area contributed by atoms with E-state index in [0.717, 1.165) is 0 Å². The van der Waals surface area contributed by atoms with Crippen molar-refractivity contribution in [3.8, 4) is 0 Å². The van der Waals surface area contributed by atoms with Gasteiger partial charge >= 0.3 is 92.2 Å². The smallest absolute Gasteiger partial charge is 0.545 e. The number of hydrogen-bond acceptors (Lipinski definition) is 8. The molecule has 0 saturated carbocycles. The number of halogens is 12. The van der Waals surface area contributed by atoms with Crippen LogP contribution in [0.15, 0.2) is 0 Å². The van der Waals surface area contributed by atoms with Gasteiger partial charge in [0.25, 0.3) is 0 Å². The van der Waals surface area contributed by atoms with Crippen LogP contribution in [0.25, 0.3) is 0 Å². The van der Waals surface area contributed by atoms with Crippen molar-refractivity contribution >= 4 is 32.2 Å². The Labute approximate surface area is 202 Å². The fourth-order valence-electron chi connectivity index (χ4n) is 1.16. The zero-order valence-corrected chi connectivity index (χ0v) is 17.1. The fourth-order valence-corrected chi connectivity index (χ4v) is 2.46. The molecule has 0 aromatic rings.